The largest absolute Gasteiger partial charge is 0.307 e. The Hall–Kier alpha value is -6.94. The van der Waals surface area contributed by atoms with Crippen LogP contribution in [0.3, 0.4) is 0 Å². The number of nitrogens with zero attached hydrogens (tertiary/aromatic N) is 2. The molecule has 0 atom stereocenters. The minimum absolute atomic E-state index is 1.15. The van der Waals surface area contributed by atoms with Crippen molar-refractivity contribution in [1.29, 1.82) is 0 Å². The normalized spacial score (nSPS) is 12.0. The molecule has 12 rings (SSSR count). The standard InChI is InChI=1S/C52H32N2S/c1-2-12-37(13-3-1)53-46-19-8-6-15-41(46)43-30-31-44-42-16-7-9-20-47(42)54(51(44)50(43)53)38-28-25-34(26-29-38)33-21-23-36(24-22-33)40-17-10-18-45-49-39-14-5-4-11-35(39)27-32-48(49)55-52(40)45/h1-32H. The molecule has 9 aromatic carbocycles. The van der Waals surface area contributed by atoms with Crippen LogP contribution >= 0.6 is 11.3 Å². The van der Waals surface area contributed by atoms with Gasteiger partial charge in [-0.05, 0) is 75.5 Å². The lowest BCUT2D eigenvalue weighted by Crippen LogP contribution is -1.98. The molecule has 0 aliphatic rings. The number of hydrogen-bond acceptors (Lipinski definition) is 1. The molecule has 2 nitrogen and oxygen atoms in total. The molecular formula is C52H32N2S. The average Bonchev–Trinajstić information content (AvgIpc) is 3.92. The average molecular weight is 717 g/mol. The van der Waals surface area contributed by atoms with Crippen molar-refractivity contribution >= 4 is 85.9 Å². The predicted molar refractivity (Wildman–Crippen MR) is 236 cm³/mol. The van der Waals surface area contributed by atoms with E-state index in [2.05, 4.69) is 203 Å². The van der Waals surface area contributed by atoms with Gasteiger partial charge in [0.15, 0.2) is 0 Å². The zero-order valence-electron chi connectivity index (χ0n) is 29.8. The van der Waals surface area contributed by atoms with Crippen LogP contribution < -0.4 is 0 Å². The number of fused-ring (bicyclic) bond motifs is 12. The van der Waals surface area contributed by atoms with Gasteiger partial charge in [0.2, 0.25) is 0 Å². The van der Waals surface area contributed by atoms with Crippen LogP contribution in [0.1, 0.15) is 0 Å². The minimum Gasteiger partial charge on any atom is -0.307 e. The third-order valence-corrected chi connectivity index (χ3v) is 12.7. The number of hydrogen-bond donors (Lipinski definition) is 0. The third kappa shape index (κ3) is 4.48. The van der Waals surface area contributed by atoms with Crippen LogP contribution in [0.2, 0.25) is 0 Å². The first-order chi connectivity index (χ1) is 27.3. The van der Waals surface area contributed by atoms with Gasteiger partial charge in [0.05, 0.1) is 22.1 Å². The second-order valence-electron chi connectivity index (χ2n) is 14.5. The number of benzene rings is 9. The number of aromatic nitrogens is 2. The maximum absolute atomic E-state index is 2.47. The number of para-hydroxylation sites is 3. The van der Waals surface area contributed by atoms with Crippen LogP contribution in [0.5, 0.6) is 0 Å². The van der Waals surface area contributed by atoms with Crippen molar-refractivity contribution in [2.45, 2.75) is 0 Å². The summed E-state index contributed by atoms with van der Waals surface area (Å²) in [7, 11) is 0. The van der Waals surface area contributed by atoms with Gasteiger partial charge in [-0.3, -0.25) is 0 Å². The monoisotopic (exact) mass is 716 g/mol. The lowest BCUT2D eigenvalue weighted by Gasteiger charge is -2.13. The van der Waals surface area contributed by atoms with Gasteiger partial charge in [-0.2, -0.15) is 0 Å². The van der Waals surface area contributed by atoms with E-state index in [0.29, 0.717) is 0 Å². The molecule has 0 saturated carbocycles. The van der Waals surface area contributed by atoms with Gasteiger partial charge in [-0.25, -0.2) is 0 Å². The van der Waals surface area contributed by atoms with E-state index in [0.717, 1.165) is 11.4 Å². The summed E-state index contributed by atoms with van der Waals surface area (Å²) in [5, 5.41) is 10.3. The Bertz CT molecular complexity index is 3450. The van der Waals surface area contributed by atoms with Gasteiger partial charge in [0, 0.05) is 53.1 Å². The summed E-state index contributed by atoms with van der Waals surface area (Å²) < 4.78 is 7.59. The molecule has 0 aliphatic carbocycles. The zero-order chi connectivity index (χ0) is 36.0. The first-order valence-corrected chi connectivity index (χ1v) is 19.7. The lowest BCUT2D eigenvalue weighted by atomic mass is 9.98. The van der Waals surface area contributed by atoms with Crippen molar-refractivity contribution in [1.82, 2.24) is 9.13 Å². The summed E-state index contributed by atoms with van der Waals surface area (Å²) in [5.74, 6) is 0. The Labute approximate surface area is 321 Å². The molecule has 0 bridgehead atoms. The molecule has 3 heterocycles. The molecule has 0 aliphatic heterocycles. The van der Waals surface area contributed by atoms with E-state index in [1.807, 2.05) is 11.3 Å². The highest BCUT2D eigenvalue weighted by Crippen LogP contribution is 2.44. The van der Waals surface area contributed by atoms with Crippen molar-refractivity contribution in [2.24, 2.45) is 0 Å². The fourth-order valence-electron chi connectivity index (χ4n) is 9.05. The molecule has 3 aromatic heterocycles. The Morgan fingerprint density at radius 2 is 0.855 bits per heavy atom. The Morgan fingerprint density at radius 1 is 0.327 bits per heavy atom. The van der Waals surface area contributed by atoms with Crippen molar-refractivity contribution in [3.05, 3.63) is 194 Å². The van der Waals surface area contributed by atoms with Crippen LogP contribution in [0.4, 0.5) is 0 Å². The molecule has 0 N–H and O–H groups in total. The van der Waals surface area contributed by atoms with Crippen molar-refractivity contribution < 1.29 is 0 Å². The minimum atomic E-state index is 1.15. The van der Waals surface area contributed by atoms with E-state index < -0.39 is 0 Å². The third-order valence-electron chi connectivity index (χ3n) is 11.5. The first-order valence-electron chi connectivity index (χ1n) is 18.9. The van der Waals surface area contributed by atoms with Gasteiger partial charge in [0.25, 0.3) is 0 Å². The molecule has 0 unspecified atom stereocenters. The van der Waals surface area contributed by atoms with E-state index in [-0.39, 0.29) is 0 Å². The van der Waals surface area contributed by atoms with Crippen LogP contribution in [0.15, 0.2) is 194 Å². The van der Waals surface area contributed by atoms with Gasteiger partial charge < -0.3 is 9.13 Å². The molecule has 256 valence electrons. The van der Waals surface area contributed by atoms with Gasteiger partial charge in [-0.1, -0.05) is 152 Å². The van der Waals surface area contributed by atoms with E-state index >= 15 is 0 Å². The molecule has 0 amide bonds. The van der Waals surface area contributed by atoms with Crippen molar-refractivity contribution in [2.75, 3.05) is 0 Å². The smallest absolute Gasteiger partial charge is 0.0788 e. The highest BCUT2D eigenvalue weighted by atomic mass is 32.1. The Balaban J connectivity index is 0.987. The van der Waals surface area contributed by atoms with Crippen molar-refractivity contribution in [3.8, 4) is 33.6 Å². The maximum atomic E-state index is 2.47. The zero-order valence-corrected chi connectivity index (χ0v) is 30.6. The lowest BCUT2D eigenvalue weighted by molar-refractivity contribution is 1.15. The van der Waals surface area contributed by atoms with Gasteiger partial charge >= 0.3 is 0 Å². The summed E-state index contributed by atoms with van der Waals surface area (Å²) in [6.07, 6.45) is 0. The summed E-state index contributed by atoms with van der Waals surface area (Å²) in [4.78, 5) is 0. The Kier molecular flexibility index (Phi) is 6.54. The second-order valence-corrected chi connectivity index (χ2v) is 15.5. The summed E-state index contributed by atoms with van der Waals surface area (Å²) in [5.41, 5.74) is 12.1. The van der Waals surface area contributed by atoms with Gasteiger partial charge in [0.1, 0.15) is 0 Å². The topological polar surface area (TPSA) is 9.86 Å². The second kappa shape index (κ2) is 11.8. The predicted octanol–water partition coefficient (Wildman–Crippen LogP) is 14.7. The van der Waals surface area contributed by atoms with Crippen molar-refractivity contribution in [3.63, 3.8) is 0 Å². The fourth-order valence-corrected chi connectivity index (χ4v) is 10.3. The molecule has 55 heavy (non-hydrogen) atoms. The first kappa shape index (κ1) is 30.5. The molecular weight excluding hydrogens is 685 g/mol. The molecule has 12 aromatic rings. The fraction of sp³-hybridized carbons (Fsp3) is 0. The SMILES string of the molecule is c1ccc(-n2c3ccccc3c3ccc4c5ccccc5n(-c5ccc(-c6ccc(-c7cccc8c7sc7ccc9ccccc9c78)cc6)cc5)c4c32)cc1. The molecule has 0 fully saturated rings. The quantitative estimate of drug-likeness (QED) is 0.172. The maximum Gasteiger partial charge on any atom is 0.0788 e. The van der Waals surface area contributed by atoms with E-state index in [1.54, 1.807) is 0 Å². The highest BCUT2D eigenvalue weighted by Gasteiger charge is 2.21. The van der Waals surface area contributed by atoms with Gasteiger partial charge in [-0.15, -0.1) is 11.3 Å². The molecule has 0 spiro atoms. The molecule has 3 heteroatoms. The van der Waals surface area contributed by atoms with E-state index in [4.69, 9.17) is 0 Å². The highest BCUT2D eigenvalue weighted by molar-refractivity contribution is 7.26. The summed E-state index contributed by atoms with van der Waals surface area (Å²) in [6, 6.07) is 71.2. The Morgan fingerprint density at radius 3 is 1.53 bits per heavy atom. The van der Waals surface area contributed by atoms with E-state index in [1.165, 1.54) is 96.8 Å². The number of thiophene rings is 1. The van der Waals surface area contributed by atoms with E-state index in [9.17, 15) is 0 Å². The molecule has 0 saturated heterocycles. The number of rotatable bonds is 4. The van der Waals surface area contributed by atoms with Crippen LogP contribution in [0, 0.1) is 0 Å². The summed E-state index contributed by atoms with van der Waals surface area (Å²) in [6.45, 7) is 0. The summed E-state index contributed by atoms with van der Waals surface area (Å²) >= 11 is 1.90. The molecule has 0 radical (unpaired) electrons. The van der Waals surface area contributed by atoms with Crippen LogP contribution in [-0.2, 0) is 0 Å². The van der Waals surface area contributed by atoms with Crippen LogP contribution in [-0.4, -0.2) is 9.13 Å². The van der Waals surface area contributed by atoms with Crippen LogP contribution in [0.25, 0.3) is 108 Å².